The molecule has 1 N–H and O–H groups in total. The largest absolute Gasteiger partial charge is 0.497 e. The topological polar surface area (TPSA) is 76.6 Å². The van der Waals surface area contributed by atoms with Crippen molar-refractivity contribution >= 4 is 17.4 Å². The van der Waals surface area contributed by atoms with Gasteiger partial charge in [0, 0.05) is 30.6 Å². The summed E-state index contributed by atoms with van der Waals surface area (Å²) in [5.41, 5.74) is 2.52. The van der Waals surface area contributed by atoms with Crippen LogP contribution in [0.15, 0.2) is 60.7 Å². The van der Waals surface area contributed by atoms with E-state index in [9.17, 15) is 4.79 Å². The summed E-state index contributed by atoms with van der Waals surface area (Å²) in [6.45, 7) is 1.51. The number of nitrogens with zero attached hydrogens (tertiary/aromatic N) is 3. The van der Waals surface area contributed by atoms with Gasteiger partial charge in [0.25, 0.3) is 0 Å². The number of hydrogen-bond donors (Lipinski definition) is 1. The molecule has 1 amide bonds. The second-order valence-electron chi connectivity index (χ2n) is 7.46. The van der Waals surface area contributed by atoms with Crippen molar-refractivity contribution < 1.29 is 14.3 Å². The van der Waals surface area contributed by atoms with Gasteiger partial charge in [0.05, 0.1) is 25.6 Å². The molecule has 1 aliphatic rings. The Morgan fingerprint density at radius 1 is 0.968 bits per heavy atom. The molecular weight excluding hydrogens is 392 g/mol. The van der Waals surface area contributed by atoms with Crippen molar-refractivity contribution in [1.82, 2.24) is 10.2 Å². The molecule has 0 unspecified atom stereocenters. The van der Waals surface area contributed by atoms with Gasteiger partial charge >= 0.3 is 0 Å². The number of carbonyl (C=O) groups excluding carboxylic acids is 1. The van der Waals surface area contributed by atoms with Crippen LogP contribution in [0.4, 0.5) is 11.5 Å². The van der Waals surface area contributed by atoms with Gasteiger partial charge in [-0.05, 0) is 37.1 Å². The van der Waals surface area contributed by atoms with Gasteiger partial charge in [0.1, 0.15) is 11.5 Å². The molecule has 160 valence electrons. The van der Waals surface area contributed by atoms with Crippen molar-refractivity contribution in [2.24, 2.45) is 5.92 Å². The number of hydrogen-bond acceptors (Lipinski definition) is 6. The maximum atomic E-state index is 12.8. The Bertz CT molecular complexity index is 1020. The summed E-state index contributed by atoms with van der Waals surface area (Å²) >= 11 is 0. The van der Waals surface area contributed by atoms with Crippen LogP contribution >= 0.6 is 0 Å². The second kappa shape index (κ2) is 9.47. The zero-order chi connectivity index (χ0) is 21.6. The Hall–Kier alpha value is -3.61. The van der Waals surface area contributed by atoms with Crippen molar-refractivity contribution in [1.29, 1.82) is 0 Å². The Labute approximate surface area is 182 Å². The van der Waals surface area contributed by atoms with E-state index < -0.39 is 0 Å². The number of ether oxygens (including phenoxy) is 2. The van der Waals surface area contributed by atoms with Gasteiger partial charge in [-0.3, -0.25) is 4.79 Å². The third-order valence-electron chi connectivity index (χ3n) is 5.57. The van der Waals surface area contributed by atoms with E-state index in [1.54, 1.807) is 32.4 Å². The summed E-state index contributed by atoms with van der Waals surface area (Å²) in [5, 5.41) is 11.8. The lowest BCUT2D eigenvalue weighted by Crippen LogP contribution is -2.38. The van der Waals surface area contributed by atoms with Gasteiger partial charge in [0.2, 0.25) is 5.91 Å². The molecule has 0 bridgehead atoms. The first-order valence-corrected chi connectivity index (χ1v) is 10.3. The van der Waals surface area contributed by atoms with Crippen molar-refractivity contribution in [2.45, 2.75) is 12.8 Å². The van der Waals surface area contributed by atoms with E-state index >= 15 is 0 Å². The molecule has 2 heterocycles. The van der Waals surface area contributed by atoms with Crippen LogP contribution in [0.5, 0.6) is 11.5 Å². The molecule has 0 aliphatic carbocycles. The van der Waals surface area contributed by atoms with Crippen molar-refractivity contribution in [3.05, 3.63) is 60.7 Å². The number of methoxy groups -OCH3 is 2. The lowest BCUT2D eigenvalue weighted by molar-refractivity contribution is -0.120. The predicted octanol–water partition coefficient (Wildman–Crippen LogP) is 4.02. The number of amides is 1. The zero-order valence-corrected chi connectivity index (χ0v) is 17.7. The average Bonchev–Trinajstić information content (AvgIpc) is 2.84. The summed E-state index contributed by atoms with van der Waals surface area (Å²) in [7, 11) is 3.18. The molecule has 4 rings (SSSR count). The van der Waals surface area contributed by atoms with Crippen LogP contribution in [0.25, 0.3) is 11.3 Å². The van der Waals surface area contributed by atoms with E-state index in [0.717, 1.165) is 43.0 Å². The Balaban J connectivity index is 1.36. The standard InChI is InChI=1S/C24H26N4O3/c1-30-19-8-10-22(31-2)21(16-19)25-24(29)18-12-14-28(15-13-18)23-11-9-20(26-27-23)17-6-4-3-5-7-17/h3-11,16,18H,12-15H2,1-2H3,(H,25,29). The highest BCUT2D eigenvalue weighted by atomic mass is 16.5. The van der Waals surface area contributed by atoms with Gasteiger partial charge < -0.3 is 19.7 Å². The van der Waals surface area contributed by atoms with Crippen LogP contribution in [0, 0.1) is 5.92 Å². The van der Waals surface area contributed by atoms with Crippen LogP contribution in [0.2, 0.25) is 0 Å². The number of piperidine rings is 1. The third kappa shape index (κ3) is 4.77. The molecule has 0 atom stereocenters. The molecule has 1 saturated heterocycles. The summed E-state index contributed by atoms with van der Waals surface area (Å²) < 4.78 is 10.6. The summed E-state index contributed by atoms with van der Waals surface area (Å²) in [6.07, 6.45) is 1.50. The molecule has 1 aliphatic heterocycles. The molecule has 7 heteroatoms. The van der Waals surface area contributed by atoms with E-state index in [1.165, 1.54) is 0 Å². The van der Waals surface area contributed by atoms with Crippen molar-refractivity contribution in [3.8, 4) is 22.8 Å². The van der Waals surface area contributed by atoms with E-state index in [2.05, 4.69) is 20.4 Å². The van der Waals surface area contributed by atoms with Crippen molar-refractivity contribution in [2.75, 3.05) is 37.5 Å². The molecule has 0 saturated carbocycles. The Kier molecular flexibility index (Phi) is 6.31. The first-order chi connectivity index (χ1) is 15.2. The van der Waals surface area contributed by atoms with Gasteiger partial charge in [0.15, 0.2) is 5.82 Å². The smallest absolute Gasteiger partial charge is 0.227 e. The van der Waals surface area contributed by atoms with Crippen molar-refractivity contribution in [3.63, 3.8) is 0 Å². The number of rotatable bonds is 6. The minimum absolute atomic E-state index is 0.00304. The summed E-state index contributed by atoms with van der Waals surface area (Å²) in [6, 6.07) is 19.3. The maximum Gasteiger partial charge on any atom is 0.227 e. The first-order valence-electron chi connectivity index (χ1n) is 10.3. The molecule has 1 aromatic heterocycles. The monoisotopic (exact) mass is 418 g/mol. The molecular formula is C24H26N4O3. The molecule has 31 heavy (non-hydrogen) atoms. The highest BCUT2D eigenvalue weighted by molar-refractivity contribution is 5.94. The number of aromatic nitrogens is 2. The summed E-state index contributed by atoms with van der Waals surface area (Å²) in [4.78, 5) is 15.0. The SMILES string of the molecule is COc1ccc(OC)c(NC(=O)C2CCN(c3ccc(-c4ccccc4)nn3)CC2)c1. The Morgan fingerprint density at radius 3 is 2.39 bits per heavy atom. The fourth-order valence-electron chi connectivity index (χ4n) is 3.77. The average molecular weight is 418 g/mol. The fraction of sp³-hybridized carbons (Fsp3) is 0.292. The highest BCUT2D eigenvalue weighted by Gasteiger charge is 2.26. The molecule has 7 nitrogen and oxygen atoms in total. The van der Waals surface area contributed by atoms with E-state index in [0.29, 0.717) is 17.2 Å². The quantitative estimate of drug-likeness (QED) is 0.652. The van der Waals surface area contributed by atoms with Gasteiger partial charge in [-0.15, -0.1) is 10.2 Å². The van der Waals surface area contributed by atoms with Gasteiger partial charge in [-0.2, -0.15) is 0 Å². The lowest BCUT2D eigenvalue weighted by Gasteiger charge is -2.32. The minimum Gasteiger partial charge on any atom is -0.497 e. The number of anilines is 2. The second-order valence-corrected chi connectivity index (χ2v) is 7.46. The van der Waals surface area contributed by atoms with Gasteiger partial charge in [-0.1, -0.05) is 30.3 Å². The van der Waals surface area contributed by atoms with E-state index in [-0.39, 0.29) is 11.8 Å². The fourth-order valence-corrected chi connectivity index (χ4v) is 3.77. The minimum atomic E-state index is -0.0660. The number of benzene rings is 2. The summed E-state index contributed by atoms with van der Waals surface area (Å²) in [5.74, 6) is 2.05. The Morgan fingerprint density at radius 2 is 1.74 bits per heavy atom. The zero-order valence-electron chi connectivity index (χ0n) is 17.7. The lowest BCUT2D eigenvalue weighted by atomic mass is 9.95. The highest BCUT2D eigenvalue weighted by Crippen LogP contribution is 2.30. The molecule has 2 aromatic carbocycles. The van der Waals surface area contributed by atoms with Crippen LogP contribution in [0.1, 0.15) is 12.8 Å². The van der Waals surface area contributed by atoms with Crippen LogP contribution < -0.4 is 19.7 Å². The predicted molar refractivity (Wildman–Crippen MR) is 121 cm³/mol. The number of carbonyl (C=O) groups is 1. The van der Waals surface area contributed by atoms with Crippen LogP contribution in [-0.2, 0) is 4.79 Å². The number of nitrogens with one attached hydrogen (secondary N) is 1. The molecule has 0 radical (unpaired) electrons. The molecule has 1 fully saturated rings. The maximum absolute atomic E-state index is 12.8. The van der Waals surface area contributed by atoms with E-state index in [4.69, 9.17) is 9.47 Å². The van der Waals surface area contributed by atoms with E-state index in [1.807, 2.05) is 42.5 Å². The van der Waals surface area contributed by atoms with Crippen LogP contribution in [-0.4, -0.2) is 43.4 Å². The normalized spacial score (nSPS) is 14.2. The molecule has 3 aromatic rings. The van der Waals surface area contributed by atoms with Gasteiger partial charge in [-0.25, -0.2) is 0 Å². The third-order valence-corrected chi connectivity index (χ3v) is 5.57. The van der Waals surface area contributed by atoms with Crippen LogP contribution in [0.3, 0.4) is 0 Å². The first kappa shape index (κ1) is 20.7. The molecule has 0 spiro atoms.